The molecule has 0 spiro atoms. The maximum Gasteiger partial charge on any atom is 0.103 e. The Morgan fingerprint density at radius 1 is 0.447 bits per heavy atom. The van der Waals surface area contributed by atoms with Gasteiger partial charge in [0.15, 0.2) is 0 Å². The van der Waals surface area contributed by atoms with E-state index in [0.717, 1.165) is 66.1 Å². The summed E-state index contributed by atoms with van der Waals surface area (Å²) in [6.07, 6.45) is 0. The van der Waals surface area contributed by atoms with Crippen molar-refractivity contribution in [3.8, 4) is 45.0 Å². The third kappa shape index (κ3) is 3.44. The summed E-state index contributed by atoms with van der Waals surface area (Å²) < 4.78 is 0. The zero-order chi connectivity index (χ0) is 25.1. The average molecular weight is 505 g/mol. The molecule has 1 N–H and O–H groups in total. The van der Waals surface area contributed by atoms with E-state index in [-0.39, 0.29) is 0 Å². The van der Waals surface area contributed by atoms with Crippen LogP contribution in [0.25, 0.3) is 66.8 Å². The minimum absolute atomic E-state index is 0.838. The Kier molecular flexibility index (Phi) is 4.72. The highest BCUT2D eigenvalue weighted by atomic mass is 32.2. The smallest absolute Gasteiger partial charge is 0.103 e. The molecule has 5 heteroatoms. The van der Waals surface area contributed by atoms with Gasteiger partial charge in [-0.15, -0.1) is 0 Å². The molecule has 4 nitrogen and oxygen atoms in total. The number of pyridine rings is 3. The minimum atomic E-state index is 0.838. The van der Waals surface area contributed by atoms with E-state index in [1.807, 2.05) is 30.3 Å². The first-order valence-corrected chi connectivity index (χ1v) is 13.4. The molecule has 0 saturated heterocycles. The van der Waals surface area contributed by atoms with Crippen molar-refractivity contribution >= 4 is 33.6 Å². The van der Waals surface area contributed by atoms with Crippen molar-refractivity contribution in [2.45, 2.75) is 10.1 Å². The Bertz CT molecular complexity index is 2010. The van der Waals surface area contributed by atoms with Gasteiger partial charge in [0.1, 0.15) is 10.1 Å². The molecule has 7 aromatic rings. The summed E-state index contributed by atoms with van der Waals surface area (Å²) in [6.45, 7) is 0. The van der Waals surface area contributed by atoms with Crippen molar-refractivity contribution in [2.75, 3.05) is 0 Å². The van der Waals surface area contributed by atoms with Gasteiger partial charge in [-0.25, -0.2) is 15.0 Å². The lowest BCUT2D eigenvalue weighted by Gasteiger charge is -2.11. The second-order valence-corrected chi connectivity index (χ2v) is 10.4. The van der Waals surface area contributed by atoms with Crippen LogP contribution in [0.5, 0.6) is 0 Å². The predicted molar refractivity (Wildman–Crippen MR) is 155 cm³/mol. The van der Waals surface area contributed by atoms with E-state index in [2.05, 4.69) is 89.9 Å². The monoisotopic (exact) mass is 504 g/mol. The molecule has 0 unspecified atom stereocenters. The van der Waals surface area contributed by atoms with Gasteiger partial charge in [0.05, 0.1) is 33.8 Å². The standard InChI is InChI=1S/C33H20N4S/c1-2-8-20(9-3-1)21-18-28-25-13-5-11-23-22-10-4-12-24(32(22)37-33(23)25)26-14-6-16-30(35-26)38-31-17-7-15-27(36-31)29(19-21)34-28/h1-19,37H. The quantitative estimate of drug-likeness (QED) is 0.243. The molecule has 0 fully saturated rings. The van der Waals surface area contributed by atoms with Crippen LogP contribution >= 0.6 is 11.8 Å². The summed E-state index contributed by atoms with van der Waals surface area (Å²) in [5.41, 5.74) is 10.1. The average Bonchev–Trinajstić information content (AvgIpc) is 3.36. The van der Waals surface area contributed by atoms with Crippen molar-refractivity contribution in [3.63, 3.8) is 0 Å². The predicted octanol–water partition coefficient (Wildman–Crippen LogP) is 8.64. The molecule has 178 valence electrons. The summed E-state index contributed by atoms with van der Waals surface area (Å²) in [4.78, 5) is 19.0. The molecule has 5 heterocycles. The van der Waals surface area contributed by atoms with Crippen molar-refractivity contribution in [1.82, 2.24) is 19.9 Å². The van der Waals surface area contributed by atoms with Gasteiger partial charge in [-0.1, -0.05) is 90.6 Å². The molecular formula is C33H20N4S. The number of fused-ring (bicyclic) bond motifs is 10. The first-order valence-electron chi connectivity index (χ1n) is 12.5. The topological polar surface area (TPSA) is 54.5 Å². The molecule has 4 aromatic heterocycles. The fourth-order valence-corrected chi connectivity index (χ4v) is 6.11. The van der Waals surface area contributed by atoms with E-state index in [4.69, 9.17) is 15.0 Å². The van der Waals surface area contributed by atoms with Gasteiger partial charge >= 0.3 is 0 Å². The van der Waals surface area contributed by atoms with Crippen LogP contribution in [0.2, 0.25) is 0 Å². The van der Waals surface area contributed by atoms with Gasteiger partial charge < -0.3 is 4.98 Å². The highest BCUT2D eigenvalue weighted by Crippen LogP contribution is 2.39. The number of rotatable bonds is 1. The lowest BCUT2D eigenvalue weighted by atomic mass is 9.99. The zero-order valence-corrected chi connectivity index (χ0v) is 21.0. The summed E-state index contributed by atoms with van der Waals surface area (Å²) in [5, 5.41) is 4.14. The van der Waals surface area contributed by atoms with E-state index in [9.17, 15) is 0 Å². The van der Waals surface area contributed by atoms with Gasteiger partial charge in [-0.05, 0) is 47.5 Å². The Morgan fingerprint density at radius 3 is 1.79 bits per heavy atom. The normalized spacial score (nSPS) is 12.1. The van der Waals surface area contributed by atoms with Crippen LogP contribution in [0.15, 0.2) is 125 Å². The molecule has 1 aliphatic rings. The Balaban J connectivity index is 1.50. The molecule has 8 bridgehead atoms. The van der Waals surface area contributed by atoms with E-state index < -0.39 is 0 Å². The summed E-state index contributed by atoms with van der Waals surface area (Å²) in [5.74, 6) is 0. The molecule has 38 heavy (non-hydrogen) atoms. The molecule has 1 aliphatic heterocycles. The van der Waals surface area contributed by atoms with Gasteiger partial charge in [0.25, 0.3) is 0 Å². The maximum absolute atomic E-state index is 5.18. The third-order valence-corrected chi connectivity index (χ3v) is 7.95. The fourth-order valence-electron chi connectivity index (χ4n) is 5.31. The molecule has 0 atom stereocenters. The van der Waals surface area contributed by atoms with Crippen molar-refractivity contribution in [2.24, 2.45) is 0 Å². The van der Waals surface area contributed by atoms with Gasteiger partial charge in [-0.3, -0.25) is 0 Å². The van der Waals surface area contributed by atoms with Crippen LogP contribution in [0.3, 0.4) is 0 Å². The summed E-state index contributed by atoms with van der Waals surface area (Å²) in [7, 11) is 0. The second kappa shape index (κ2) is 8.40. The second-order valence-electron chi connectivity index (χ2n) is 9.40. The third-order valence-electron chi connectivity index (χ3n) is 7.07. The largest absolute Gasteiger partial charge is 0.353 e. The van der Waals surface area contributed by atoms with Crippen LogP contribution in [0.4, 0.5) is 0 Å². The van der Waals surface area contributed by atoms with Crippen LogP contribution in [-0.4, -0.2) is 19.9 Å². The molecule has 0 radical (unpaired) electrons. The SMILES string of the molecule is c1ccc(-c2cc3nc(c2)-c2cccc4c2[nH]c2c(cccc24)-c2cccc(n2)Sc2cccc-3n2)cc1. The molecule has 3 aromatic carbocycles. The van der Waals surface area contributed by atoms with E-state index in [1.165, 1.54) is 10.8 Å². The number of aromatic nitrogens is 4. The lowest BCUT2D eigenvalue weighted by Crippen LogP contribution is -1.94. The highest BCUT2D eigenvalue weighted by molar-refractivity contribution is 7.99. The van der Waals surface area contributed by atoms with Crippen LogP contribution in [-0.2, 0) is 0 Å². The number of nitrogens with zero attached hydrogens (tertiary/aromatic N) is 3. The van der Waals surface area contributed by atoms with Crippen LogP contribution in [0, 0.1) is 0 Å². The van der Waals surface area contributed by atoms with Gasteiger partial charge in [-0.2, -0.15) is 0 Å². The summed E-state index contributed by atoms with van der Waals surface area (Å²) in [6, 6.07) is 39.9. The molecule has 8 rings (SSSR count). The first-order chi connectivity index (χ1) is 18.8. The Morgan fingerprint density at radius 2 is 1.05 bits per heavy atom. The molecular weight excluding hydrogens is 484 g/mol. The van der Waals surface area contributed by atoms with Crippen molar-refractivity contribution in [3.05, 3.63) is 115 Å². The highest BCUT2D eigenvalue weighted by Gasteiger charge is 2.17. The Labute approximate surface area is 223 Å². The number of nitrogens with one attached hydrogen (secondary N) is 1. The number of hydrogen-bond acceptors (Lipinski definition) is 4. The molecule has 0 saturated carbocycles. The van der Waals surface area contributed by atoms with Crippen molar-refractivity contribution in [1.29, 1.82) is 0 Å². The maximum atomic E-state index is 5.18. The van der Waals surface area contributed by atoms with Crippen LogP contribution in [0.1, 0.15) is 0 Å². The molecule has 0 amide bonds. The summed E-state index contributed by atoms with van der Waals surface area (Å²) >= 11 is 1.57. The lowest BCUT2D eigenvalue weighted by molar-refractivity contribution is 1.09. The molecule has 0 aliphatic carbocycles. The zero-order valence-electron chi connectivity index (χ0n) is 20.2. The van der Waals surface area contributed by atoms with Gasteiger partial charge in [0, 0.05) is 21.9 Å². The van der Waals surface area contributed by atoms with E-state index in [0.29, 0.717) is 0 Å². The number of H-pyrrole nitrogens is 1. The van der Waals surface area contributed by atoms with Crippen molar-refractivity contribution < 1.29 is 0 Å². The van der Waals surface area contributed by atoms with Gasteiger partial charge in [0.2, 0.25) is 0 Å². The van der Waals surface area contributed by atoms with E-state index >= 15 is 0 Å². The minimum Gasteiger partial charge on any atom is -0.353 e. The first kappa shape index (κ1) is 21.4. The Hall–Kier alpha value is -4.74. The van der Waals surface area contributed by atoms with Crippen LogP contribution < -0.4 is 0 Å². The number of para-hydroxylation sites is 2. The number of benzene rings is 3. The van der Waals surface area contributed by atoms with E-state index in [1.54, 1.807) is 11.8 Å². The number of aromatic amines is 1. The fraction of sp³-hybridized carbons (Fsp3) is 0. The number of hydrogen-bond donors (Lipinski definition) is 1.